The van der Waals surface area contributed by atoms with Gasteiger partial charge in [-0.2, -0.15) is 0 Å². The van der Waals surface area contributed by atoms with Crippen LogP contribution in [-0.2, 0) is 12.8 Å². The molecule has 0 spiro atoms. The standard InChI is InChI=1S/C17H19Cl2N/c1-12-6-7-15(17(19)8-12)10-13(11-20)9-14-4-2-3-5-16(14)18/h2-8,13H,9-11,20H2,1H3. The Labute approximate surface area is 130 Å². The number of halogens is 2. The molecule has 106 valence electrons. The maximum Gasteiger partial charge on any atom is 0.0440 e. The number of rotatable bonds is 5. The average Bonchev–Trinajstić information content (AvgIpc) is 2.43. The summed E-state index contributed by atoms with van der Waals surface area (Å²) < 4.78 is 0. The summed E-state index contributed by atoms with van der Waals surface area (Å²) in [4.78, 5) is 0. The van der Waals surface area contributed by atoms with E-state index in [0.29, 0.717) is 12.5 Å². The van der Waals surface area contributed by atoms with Gasteiger partial charge in [0, 0.05) is 10.0 Å². The first-order chi connectivity index (χ1) is 9.60. The highest BCUT2D eigenvalue weighted by Gasteiger charge is 2.13. The molecule has 2 rings (SSSR count). The smallest absolute Gasteiger partial charge is 0.0440 e. The summed E-state index contributed by atoms with van der Waals surface area (Å²) in [7, 11) is 0. The molecule has 0 radical (unpaired) electrons. The van der Waals surface area contributed by atoms with Gasteiger partial charge in [0.1, 0.15) is 0 Å². The van der Waals surface area contributed by atoms with Crippen molar-refractivity contribution in [2.45, 2.75) is 19.8 Å². The van der Waals surface area contributed by atoms with Crippen molar-refractivity contribution < 1.29 is 0 Å². The van der Waals surface area contributed by atoms with Gasteiger partial charge in [0.2, 0.25) is 0 Å². The van der Waals surface area contributed by atoms with Crippen LogP contribution in [0.15, 0.2) is 42.5 Å². The topological polar surface area (TPSA) is 26.0 Å². The van der Waals surface area contributed by atoms with Crippen LogP contribution in [0.2, 0.25) is 10.0 Å². The van der Waals surface area contributed by atoms with E-state index in [1.54, 1.807) is 0 Å². The van der Waals surface area contributed by atoms with Crippen LogP contribution < -0.4 is 5.73 Å². The lowest BCUT2D eigenvalue weighted by Gasteiger charge is -2.17. The first kappa shape index (κ1) is 15.4. The molecule has 2 N–H and O–H groups in total. The van der Waals surface area contributed by atoms with E-state index in [1.165, 1.54) is 5.56 Å². The molecule has 2 aromatic rings. The van der Waals surface area contributed by atoms with Gasteiger partial charge in [-0.05, 0) is 61.1 Å². The molecule has 20 heavy (non-hydrogen) atoms. The number of nitrogens with two attached hydrogens (primary N) is 1. The van der Waals surface area contributed by atoms with Crippen molar-refractivity contribution >= 4 is 23.2 Å². The minimum absolute atomic E-state index is 0.343. The normalized spacial score (nSPS) is 12.4. The van der Waals surface area contributed by atoms with Crippen molar-refractivity contribution in [3.63, 3.8) is 0 Å². The highest BCUT2D eigenvalue weighted by molar-refractivity contribution is 6.31. The molecule has 0 aliphatic rings. The van der Waals surface area contributed by atoms with Crippen molar-refractivity contribution in [3.05, 3.63) is 69.2 Å². The van der Waals surface area contributed by atoms with E-state index < -0.39 is 0 Å². The third-order valence-electron chi connectivity index (χ3n) is 3.52. The summed E-state index contributed by atoms with van der Waals surface area (Å²) >= 11 is 12.5. The second-order valence-electron chi connectivity index (χ2n) is 5.20. The maximum absolute atomic E-state index is 6.30. The lowest BCUT2D eigenvalue weighted by Crippen LogP contribution is -2.19. The fourth-order valence-corrected chi connectivity index (χ4v) is 2.87. The highest BCUT2D eigenvalue weighted by atomic mass is 35.5. The molecule has 0 aliphatic heterocycles. The molecule has 1 atom stereocenters. The Balaban J connectivity index is 2.11. The highest BCUT2D eigenvalue weighted by Crippen LogP contribution is 2.24. The maximum atomic E-state index is 6.30. The first-order valence-corrected chi connectivity index (χ1v) is 7.54. The molecule has 1 nitrogen and oxygen atoms in total. The molecule has 0 saturated heterocycles. The van der Waals surface area contributed by atoms with E-state index in [2.05, 4.69) is 18.2 Å². The molecule has 0 aliphatic carbocycles. The van der Waals surface area contributed by atoms with E-state index in [-0.39, 0.29) is 0 Å². The molecule has 1 unspecified atom stereocenters. The zero-order chi connectivity index (χ0) is 14.5. The lowest BCUT2D eigenvalue weighted by atomic mass is 9.92. The Bertz CT molecular complexity index is 581. The minimum atomic E-state index is 0.343. The van der Waals surface area contributed by atoms with Gasteiger partial charge in [0.15, 0.2) is 0 Å². The van der Waals surface area contributed by atoms with Crippen LogP contribution in [0.25, 0.3) is 0 Å². The zero-order valence-electron chi connectivity index (χ0n) is 11.6. The average molecular weight is 308 g/mol. The predicted octanol–water partition coefficient (Wildman–Crippen LogP) is 4.66. The summed E-state index contributed by atoms with van der Waals surface area (Å²) in [6.07, 6.45) is 1.75. The number of hydrogen-bond donors (Lipinski definition) is 1. The largest absolute Gasteiger partial charge is 0.330 e. The van der Waals surface area contributed by atoms with Crippen LogP contribution in [0.5, 0.6) is 0 Å². The van der Waals surface area contributed by atoms with Gasteiger partial charge in [0.05, 0.1) is 0 Å². The summed E-state index contributed by atoms with van der Waals surface area (Å²) in [5, 5.41) is 1.63. The van der Waals surface area contributed by atoms with Crippen molar-refractivity contribution in [3.8, 4) is 0 Å². The van der Waals surface area contributed by atoms with E-state index >= 15 is 0 Å². The summed E-state index contributed by atoms with van der Waals surface area (Å²) in [6.45, 7) is 2.66. The van der Waals surface area contributed by atoms with Gasteiger partial charge >= 0.3 is 0 Å². The summed E-state index contributed by atoms with van der Waals surface area (Å²) in [6, 6.07) is 14.1. The van der Waals surface area contributed by atoms with E-state index in [4.69, 9.17) is 28.9 Å². The van der Waals surface area contributed by atoms with Gasteiger partial charge < -0.3 is 5.73 Å². The Morgan fingerprint density at radius 1 is 0.950 bits per heavy atom. The molecule has 0 fully saturated rings. The Morgan fingerprint density at radius 3 is 2.20 bits per heavy atom. The van der Waals surface area contributed by atoms with E-state index in [9.17, 15) is 0 Å². The molecule has 3 heteroatoms. The van der Waals surface area contributed by atoms with Crippen LogP contribution in [0.3, 0.4) is 0 Å². The molecule has 0 heterocycles. The number of aryl methyl sites for hydroxylation is 1. The molecule has 2 aromatic carbocycles. The molecule has 0 saturated carbocycles. The van der Waals surface area contributed by atoms with Crippen LogP contribution in [0.4, 0.5) is 0 Å². The lowest BCUT2D eigenvalue weighted by molar-refractivity contribution is 0.533. The second kappa shape index (κ2) is 7.12. The summed E-state index contributed by atoms with van der Waals surface area (Å²) in [5.74, 6) is 0.343. The van der Waals surface area contributed by atoms with Crippen LogP contribution in [-0.4, -0.2) is 6.54 Å². The van der Waals surface area contributed by atoms with Gasteiger partial charge in [-0.1, -0.05) is 53.5 Å². The third-order valence-corrected chi connectivity index (χ3v) is 4.24. The monoisotopic (exact) mass is 307 g/mol. The van der Waals surface area contributed by atoms with Crippen molar-refractivity contribution in [1.82, 2.24) is 0 Å². The quantitative estimate of drug-likeness (QED) is 0.854. The van der Waals surface area contributed by atoms with Crippen molar-refractivity contribution in [1.29, 1.82) is 0 Å². The van der Waals surface area contributed by atoms with E-state index in [1.807, 2.05) is 31.2 Å². The predicted molar refractivity (Wildman–Crippen MR) is 87.6 cm³/mol. The Kier molecular flexibility index (Phi) is 5.47. The fourth-order valence-electron chi connectivity index (χ4n) is 2.34. The minimum Gasteiger partial charge on any atom is -0.330 e. The van der Waals surface area contributed by atoms with Crippen LogP contribution >= 0.6 is 23.2 Å². The van der Waals surface area contributed by atoms with Crippen LogP contribution in [0.1, 0.15) is 16.7 Å². The van der Waals surface area contributed by atoms with Crippen molar-refractivity contribution in [2.24, 2.45) is 11.7 Å². The van der Waals surface area contributed by atoms with Crippen molar-refractivity contribution in [2.75, 3.05) is 6.54 Å². The molecule has 0 bridgehead atoms. The fraction of sp³-hybridized carbons (Fsp3) is 0.294. The van der Waals surface area contributed by atoms with Crippen LogP contribution in [0, 0.1) is 12.8 Å². The van der Waals surface area contributed by atoms with Gasteiger partial charge in [-0.3, -0.25) is 0 Å². The molecule has 0 aromatic heterocycles. The number of benzene rings is 2. The third kappa shape index (κ3) is 3.99. The summed E-state index contributed by atoms with van der Waals surface area (Å²) in [5.41, 5.74) is 9.39. The van der Waals surface area contributed by atoms with E-state index in [0.717, 1.165) is 34.0 Å². The SMILES string of the molecule is Cc1ccc(CC(CN)Cc2ccccc2Cl)c(Cl)c1. The van der Waals surface area contributed by atoms with Gasteiger partial charge in [0.25, 0.3) is 0 Å². The van der Waals surface area contributed by atoms with Gasteiger partial charge in [-0.15, -0.1) is 0 Å². The molecule has 0 amide bonds. The second-order valence-corrected chi connectivity index (χ2v) is 6.01. The zero-order valence-corrected chi connectivity index (χ0v) is 13.1. The molecular weight excluding hydrogens is 289 g/mol. The first-order valence-electron chi connectivity index (χ1n) is 6.78. The Morgan fingerprint density at radius 2 is 1.60 bits per heavy atom. The van der Waals surface area contributed by atoms with Gasteiger partial charge in [-0.25, -0.2) is 0 Å². The Hall–Kier alpha value is -1.02. The number of hydrogen-bond acceptors (Lipinski definition) is 1. The molecular formula is C17H19Cl2N.